The molecule has 0 aliphatic heterocycles. The maximum Gasteiger partial charge on any atom is 0.243 e. The number of amides is 1. The summed E-state index contributed by atoms with van der Waals surface area (Å²) in [5, 5.41) is 2.73. The monoisotopic (exact) mass is 390 g/mol. The third-order valence-corrected chi connectivity index (χ3v) is 6.09. The quantitative estimate of drug-likeness (QED) is 0.712. The minimum absolute atomic E-state index is 0.167. The fourth-order valence-corrected chi connectivity index (χ4v) is 4.14. The van der Waals surface area contributed by atoms with E-state index in [2.05, 4.69) is 5.32 Å². The van der Waals surface area contributed by atoms with E-state index >= 15 is 0 Å². The summed E-state index contributed by atoms with van der Waals surface area (Å²) >= 11 is 0. The molecule has 2 aromatic carbocycles. The molecule has 0 unspecified atom stereocenters. The molecule has 0 heterocycles. The van der Waals surface area contributed by atoms with Crippen molar-refractivity contribution in [2.75, 3.05) is 25.0 Å². The van der Waals surface area contributed by atoms with Gasteiger partial charge in [0.25, 0.3) is 0 Å². The van der Waals surface area contributed by atoms with E-state index in [0.29, 0.717) is 18.8 Å². The first-order valence-electron chi connectivity index (χ1n) is 8.96. The number of carbonyl (C=O) groups is 1. The number of benzene rings is 2. The standard InChI is InChI=1S/C20H26N2O4S/c1-4-22(5-2)27(24,25)19-11-7-9-17(15-19)21-20(23)12-13-26-18-10-6-8-16(3)14-18/h6-11,14-15H,4-5,12-13H2,1-3H3,(H,21,23). The first kappa shape index (κ1) is 20.9. The van der Waals surface area contributed by atoms with Gasteiger partial charge in [-0.25, -0.2) is 8.42 Å². The number of aryl methyl sites for hydroxylation is 1. The van der Waals surface area contributed by atoms with Gasteiger partial charge in [-0.05, 0) is 42.8 Å². The third kappa shape index (κ3) is 5.80. The second-order valence-corrected chi connectivity index (χ2v) is 8.02. The molecular formula is C20H26N2O4S. The van der Waals surface area contributed by atoms with Crippen molar-refractivity contribution in [2.24, 2.45) is 0 Å². The van der Waals surface area contributed by atoms with Crippen molar-refractivity contribution < 1.29 is 17.9 Å². The van der Waals surface area contributed by atoms with E-state index in [1.54, 1.807) is 26.0 Å². The van der Waals surface area contributed by atoms with E-state index in [9.17, 15) is 13.2 Å². The van der Waals surface area contributed by atoms with Crippen LogP contribution in [0.3, 0.4) is 0 Å². The van der Waals surface area contributed by atoms with Crippen LogP contribution in [0.15, 0.2) is 53.4 Å². The molecule has 0 atom stereocenters. The van der Waals surface area contributed by atoms with Gasteiger partial charge < -0.3 is 10.1 Å². The second-order valence-electron chi connectivity index (χ2n) is 6.08. The summed E-state index contributed by atoms with van der Waals surface area (Å²) < 4.78 is 32.1. The van der Waals surface area contributed by atoms with Gasteiger partial charge in [-0.1, -0.05) is 32.0 Å². The Balaban J connectivity index is 1.96. The number of anilines is 1. The van der Waals surface area contributed by atoms with Crippen LogP contribution < -0.4 is 10.1 Å². The van der Waals surface area contributed by atoms with Crippen molar-refractivity contribution in [1.29, 1.82) is 0 Å². The number of carbonyl (C=O) groups excluding carboxylic acids is 1. The van der Waals surface area contributed by atoms with Crippen LogP contribution in [0, 0.1) is 6.92 Å². The molecular weight excluding hydrogens is 364 g/mol. The van der Waals surface area contributed by atoms with E-state index in [0.717, 1.165) is 11.3 Å². The van der Waals surface area contributed by atoms with E-state index in [1.807, 2.05) is 31.2 Å². The second kappa shape index (κ2) is 9.53. The van der Waals surface area contributed by atoms with Crippen LogP contribution in [0.4, 0.5) is 5.69 Å². The lowest BCUT2D eigenvalue weighted by Crippen LogP contribution is -2.30. The lowest BCUT2D eigenvalue weighted by Gasteiger charge is -2.18. The molecule has 2 rings (SSSR count). The number of hydrogen-bond donors (Lipinski definition) is 1. The van der Waals surface area contributed by atoms with E-state index in [-0.39, 0.29) is 23.8 Å². The summed E-state index contributed by atoms with van der Waals surface area (Å²) in [5.41, 5.74) is 1.53. The van der Waals surface area contributed by atoms with Crippen LogP contribution in [0.25, 0.3) is 0 Å². The normalized spacial score (nSPS) is 11.4. The minimum Gasteiger partial charge on any atom is -0.493 e. The number of hydrogen-bond acceptors (Lipinski definition) is 4. The smallest absolute Gasteiger partial charge is 0.243 e. The number of rotatable bonds is 9. The van der Waals surface area contributed by atoms with Crippen LogP contribution in [0.2, 0.25) is 0 Å². The van der Waals surface area contributed by atoms with Gasteiger partial charge in [0.05, 0.1) is 17.9 Å². The Bertz CT molecular complexity index is 877. The topological polar surface area (TPSA) is 75.7 Å². The molecule has 0 radical (unpaired) electrons. The summed E-state index contributed by atoms with van der Waals surface area (Å²) in [7, 11) is -3.56. The molecule has 0 aromatic heterocycles. The van der Waals surface area contributed by atoms with Gasteiger partial charge in [-0.15, -0.1) is 0 Å². The van der Waals surface area contributed by atoms with Gasteiger partial charge in [-0.3, -0.25) is 4.79 Å². The van der Waals surface area contributed by atoms with E-state index < -0.39 is 10.0 Å². The fourth-order valence-electron chi connectivity index (χ4n) is 2.64. The molecule has 6 nitrogen and oxygen atoms in total. The average molecular weight is 391 g/mol. The van der Waals surface area contributed by atoms with Gasteiger partial charge in [0, 0.05) is 18.8 Å². The Hall–Kier alpha value is -2.38. The Labute approximate surface area is 161 Å². The summed E-state index contributed by atoms with van der Waals surface area (Å²) in [6.45, 7) is 6.59. The average Bonchev–Trinajstić information content (AvgIpc) is 2.63. The van der Waals surface area contributed by atoms with Gasteiger partial charge in [0.15, 0.2) is 0 Å². The molecule has 1 N–H and O–H groups in total. The number of sulfonamides is 1. The van der Waals surface area contributed by atoms with Gasteiger partial charge in [0.1, 0.15) is 5.75 Å². The highest BCUT2D eigenvalue weighted by atomic mass is 32.2. The van der Waals surface area contributed by atoms with Gasteiger partial charge >= 0.3 is 0 Å². The van der Waals surface area contributed by atoms with E-state index in [4.69, 9.17) is 4.74 Å². The zero-order valence-corrected chi connectivity index (χ0v) is 16.8. The highest BCUT2D eigenvalue weighted by Gasteiger charge is 2.21. The van der Waals surface area contributed by atoms with Crippen LogP contribution in [0.1, 0.15) is 25.8 Å². The summed E-state index contributed by atoms with van der Waals surface area (Å²) in [4.78, 5) is 12.3. The summed E-state index contributed by atoms with van der Waals surface area (Å²) in [5.74, 6) is 0.482. The van der Waals surface area contributed by atoms with Crippen molar-refractivity contribution in [3.8, 4) is 5.75 Å². The first-order valence-corrected chi connectivity index (χ1v) is 10.4. The summed E-state index contributed by atoms with van der Waals surface area (Å²) in [6, 6.07) is 13.9. The van der Waals surface area contributed by atoms with Crippen LogP contribution in [0.5, 0.6) is 5.75 Å². The maximum absolute atomic E-state index is 12.6. The van der Waals surface area contributed by atoms with Crippen molar-refractivity contribution in [3.05, 3.63) is 54.1 Å². The molecule has 0 saturated carbocycles. The Morgan fingerprint density at radius 2 is 1.78 bits per heavy atom. The zero-order valence-electron chi connectivity index (χ0n) is 15.9. The largest absolute Gasteiger partial charge is 0.493 e. The molecule has 0 aliphatic rings. The Morgan fingerprint density at radius 1 is 1.07 bits per heavy atom. The molecule has 27 heavy (non-hydrogen) atoms. The van der Waals surface area contributed by atoms with Crippen molar-refractivity contribution in [1.82, 2.24) is 4.31 Å². The molecule has 7 heteroatoms. The number of ether oxygens (including phenoxy) is 1. The molecule has 0 fully saturated rings. The molecule has 2 aromatic rings. The summed E-state index contributed by atoms with van der Waals surface area (Å²) in [6.07, 6.45) is 0.168. The first-order chi connectivity index (χ1) is 12.9. The molecule has 0 aliphatic carbocycles. The third-order valence-electron chi connectivity index (χ3n) is 4.05. The van der Waals surface area contributed by atoms with Crippen LogP contribution >= 0.6 is 0 Å². The predicted octanol–water partition coefficient (Wildman–Crippen LogP) is 3.43. The van der Waals surface area contributed by atoms with Crippen LogP contribution in [-0.4, -0.2) is 38.3 Å². The number of nitrogens with zero attached hydrogens (tertiary/aromatic N) is 1. The van der Waals surface area contributed by atoms with Gasteiger partial charge in [0.2, 0.25) is 15.9 Å². The predicted molar refractivity (Wildman–Crippen MR) is 106 cm³/mol. The SMILES string of the molecule is CCN(CC)S(=O)(=O)c1cccc(NC(=O)CCOc2cccc(C)c2)c1. The van der Waals surface area contributed by atoms with Crippen molar-refractivity contribution >= 4 is 21.6 Å². The van der Waals surface area contributed by atoms with Crippen LogP contribution in [-0.2, 0) is 14.8 Å². The minimum atomic E-state index is -3.56. The fraction of sp³-hybridized carbons (Fsp3) is 0.350. The molecule has 0 bridgehead atoms. The van der Waals surface area contributed by atoms with E-state index in [1.165, 1.54) is 16.4 Å². The van der Waals surface area contributed by atoms with Gasteiger partial charge in [-0.2, -0.15) is 4.31 Å². The Morgan fingerprint density at radius 3 is 2.44 bits per heavy atom. The molecule has 0 saturated heterocycles. The van der Waals surface area contributed by atoms with Crippen molar-refractivity contribution in [2.45, 2.75) is 32.1 Å². The highest BCUT2D eigenvalue weighted by Crippen LogP contribution is 2.20. The number of nitrogens with one attached hydrogen (secondary N) is 1. The lowest BCUT2D eigenvalue weighted by atomic mass is 10.2. The molecule has 1 amide bonds. The van der Waals surface area contributed by atoms with Crippen molar-refractivity contribution in [3.63, 3.8) is 0 Å². The lowest BCUT2D eigenvalue weighted by molar-refractivity contribution is -0.116. The maximum atomic E-state index is 12.6. The molecule has 146 valence electrons. The highest BCUT2D eigenvalue weighted by molar-refractivity contribution is 7.89. The molecule has 0 spiro atoms. The Kier molecular flexibility index (Phi) is 7.38. The zero-order chi connectivity index (χ0) is 19.9.